The second-order valence-electron chi connectivity index (χ2n) is 38.9. The molecule has 0 unspecified atom stereocenters. The monoisotopic (exact) mass is 1950 g/mol. The molecule has 5 aliphatic heterocycles. The van der Waals surface area contributed by atoms with Crippen molar-refractivity contribution in [1.82, 2.24) is 0 Å². The molecule has 5 saturated carbocycles. The van der Waals surface area contributed by atoms with Crippen molar-refractivity contribution in [3.05, 3.63) is 206 Å². The molecule has 5 heterocycles. The zero-order chi connectivity index (χ0) is 96.9. The molecule has 6 aromatic carbocycles. The van der Waals surface area contributed by atoms with Gasteiger partial charge in [0, 0.05) is 151 Å². The van der Waals surface area contributed by atoms with E-state index in [4.69, 9.17) is 80.1 Å². The first-order chi connectivity index (χ1) is 63.6. The lowest BCUT2D eigenvalue weighted by Gasteiger charge is -2.46. The summed E-state index contributed by atoms with van der Waals surface area (Å²) in [6, 6.07) is 36.1. The molecule has 33 heteroatoms. The highest BCUT2D eigenvalue weighted by Gasteiger charge is 2.55. The van der Waals surface area contributed by atoms with Crippen LogP contribution in [0.3, 0.4) is 0 Å². The Hall–Kier alpha value is -8.25. The van der Waals surface area contributed by atoms with Crippen molar-refractivity contribution in [3.8, 4) is 0 Å². The minimum atomic E-state index is -0.951. The number of thioether (sulfide) groups is 5. The van der Waals surface area contributed by atoms with Crippen molar-refractivity contribution in [2.75, 3.05) is 75.8 Å². The fourth-order valence-corrected chi connectivity index (χ4v) is 26.3. The average molecular weight is 1950 g/mol. The predicted molar refractivity (Wildman–Crippen MR) is 527 cm³/mol. The van der Waals surface area contributed by atoms with E-state index in [0.29, 0.717) is 97.3 Å². The Morgan fingerprint density at radius 3 is 0.963 bits per heavy atom. The molecular weight excluding hydrogens is 1820 g/mol. The third kappa shape index (κ3) is 25.6. The number of amidine groups is 1. The summed E-state index contributed by atoms with van der Waals surface area (Å²) in [6.07, 6.45) is 12.6. The van der Waals surface area contributed by atoms with Crippen LogP contribution in [0.5, 0.6) is 0 Å². The first-order valence-electron chi connectivity index (χ1n) is 45.8. The van der Waals surface area contributed by atoms with E-state index >= 15 is 0 Å². The van der Waals surface area contributed by atoms with Crippen LogP contribution in [0, 0.1) is 68.8 Å². The van der Waals surface area contributed by atoms with E-state index in [-0.39, 0.29) is 138 Å². The van der Waals surface area contributed by atoms with Gasteiger partial charge >= 0.3 is 17.9 Å². The standard InChI is InChI=1S/C23H24FNO2S.C21H27FN2O5S.2C21H29FN2O3S.C15H19FN2OS/c1-27-18-11-12-23(19-9-5-6-10-20(19)24)17(13-18)15-28-22(25-23)14-21(26)16-7-3-2-4-8-16;1-20(2,3)29-19(25)11-18-23-21(8-7-15(28-4)9-13(21)12-30-18)16-10-14(24(26)27)5-6-17(16)22;2*1-20(2,3)27-19(25)11-18-24-21(16-10-14(23)5-6-17(16)22)8-7-15(26-4)9-13(21)12-28-18;1-19-11-6-7-15(12-4-2-3-5-13(12)16)10(8-11)9-20-14(17)18-15/h2-10,17-18H,11-15H2,1H3;5-6,10,13,15H,7-9,11-12H2,1-4H3;2*5-6,10,13,15H,7-9,11-12,23H2,1-4H3;2-5,10-11H,6-9H2,1H3,(H2,17,18)/t17-,18+,23-;3*13-,15+,21-;10-,11+,15-/m00000/s1. The summed E-state index contributed by atoms with van der Waals surface area (Å²) in [5, 5.41) is 14.7. The summed E-state index contributed by atoms with van der Waals surface area (Å²) in [7, 11) is 8.56. The molecule has 5 aliphatic carbocycles. The normalized spacial score (nSPS) is 28.1. The Balaban J connectivity index is 0.000000152. The van der Waals surface area contributed by atoms with E-state index in [0.717, 1.165) is 104 Å². The fraction of sp³-hybridized carbons (Fsp3) is 0.554. The number of anilines is 2. The van der Waals surface area contributed by atoms with Gasteiger partial charge in [-0.05, 0) is 213 Å². The van der Waals surface area contributed by atoms with E-state index in [2.05, 4.69) is 0 Å². The Kier molecular flexibility index (Phi) is 35.2. The lowest BCUT2D eigenvalue weighted by molar-refractivity contribution is -0.385. The topological polar surface area (TPSA) is 325 Å². The molecule has 0 saturated heterocycles. The number of nitrogen functional groups attached to an aromatic ring is 2. The second kappa shape index (κ2) is 45.1. The lowest BCUT2D eigenvalue weighted by atomic mass is 9.68. The number of hydrogen-bond acceptors (Lipinski definition) is 27. The third-order valence-electron chi connectivity index (χ3n) is 26.6. The van der Waals surface area contributed by atoms with Gasteiger partial charge < -0.3 is 55.1 Å². The number of hydrogen-bond donors (Lipinski definition) is 3. The number of rotatable bonds is 20. The number of ether oxygens (including phenoxy) is 8. The molecule has 10 aliphatic rings. The number of nitro benzene ring substituents is 1. The predicted octanol–water partition coefficient (Wildman–Crippen LogP) is 21.4. The van der Waals surface area contributed by atoms with Crippen molar-refractivity contribution < 1.29 is 83.9 Å². The number of aliphatic imine (C=N–C) groups is 5. The highest BCUT2D eigenvalue weighted by Crippen LogP contribution is 2.57. The second-order valence-corrected chi connectivity index (χ2v) is 44.3. The number of esters is 3. The fourth-order valence-electron chi connectivity index (χ4n) is 20.3. The van der Waals surface area contributed by atoms with E-state index in [1.54, 1.807) is 140 Å². The number of carbonyl (C=O) groups excluding carboxylic acids is 4. The molecule has 134 heavy (non-hydrogen) atoms. The number of nitro groups is 1. The van der Waals surface area contributed by atoms with Crippen LogP contribution in [0.2, 0.25) is 0 Å². The number of benzene rings is 6. The maximum Gasteiger partial charge on any atom is 0.312 e. The molecule has 726 valence electrons. The number of nitrogens with zero attached hydrogens (tertiary/aromatic N) is 6. The Labute approximate surface area is 805 Å². The number of halogens is 5. The number of carbonyl (C=O) groups is 4. The Morgan fingerprint density at radius 1 is 0.373 bits per heavy atom. The van der Waals surface area contributed by atoms with Gasteiger partial charge in [0.1, 0.15) is 45.9 Å². The summed E-state index contributed by atoms with van der Waals surface area (Å²) in [6.45, 7) is 16.4. The van der Waals surface area contributed by atoms with Crippen LogP contribution in [0.25, 0.3) is 0 Å². The molecule has 0 spiro atoms. The SMILES string of the molecule is CO[C@@H]1CC[C@]2(c3cc(N)ccc3F)N=C(CC(=O)OC(C)(C)C)SC[C@@H]2C1.CO[C@@H]1CC[C@]2(c3cc(N)ccc3F)N=C(CC(=O)OC(C)(C)C)SC[C@@H]2C1.CO[C@@H]1CC[C@]2(c3cc([N+](=O)[O-])ccc3F)N=C(CC(=O)OC(C)(C)C)SC[C@@H]2C1.CO[C@@H]1CC[C@]2(c3ccccc3F)N=C(CC(=O)c3ccccc3)SC[C@@H]2C1.CO[C@@H]1CC[C@]2(c3ccccc3F)N=C(N)SC[C@@H]2C1. The molecule has 15 atom stereocenters. The highest BCUT2D eigenvalue weighted by atomic mass is 32.2. The van der Waals surface area contributed by atoms with Gasteiger partial charge in [0.2, 0.25) is 0 Å². The summed E-state index contributed by atoms with van der Waals surface area (Å²) < 4.78 is 118. The number of nitrogens with two attached hydrogens (primary N) is 3. The van der Waals surface area contributed by atoms with E-state index in [1.807, 2.05) is 96.1 Å². The number of methoxy groups -OCH3 is 5. The third-order valence-corrected chi connectivity index (χ3v) is 32.1. The summed E-state index contributed by atoms with van der Waals surface area (Å²) >= 11 is 7.78. The molecular formula is C101H128F5N9O14S5. The van der Waals surface area contributed by atoms with Gasteiger partial charge in [-0.15, -0.1) is 47.0 Å². The highest BCUT2D eigenvalue weighted by molar-refractivity contribution is 8.15. The lowest BCUT2D eigenvalue weighted by Crippen LogP contribution is -2.46. The minimum Gasteiger partial charge on any atom is -0.460 e. The number of ketones is 1. The van der Waals surface area contributed by atoms with E-state index < -0.39 is 61.2 Å². The first-order valence-corrected chi connectivity index (χ1v) is 50.8. The number of Topliss-reactive ketones (excluding diaryl/α,β-unsaturated/α-hetero) is 1. The molecule has 5 fully saturated rings. The maximum atomic E-state index is 15.0. The van der Waals surface area contributed by atoms with Crippen LogP contribution in [-0.2, 0) is 80.0 Å². The molecule has 16 rings (SSSR count). The van der Waals surface area contributed by atoms with Crippen molar-refractivity contribution in [1.29, 1.82) is 0 Å². The van der Waals surface area contributed by atoms with Crippen LogP contribution >= 0.6 is 58.8 Å². The zero-order valence-electron chi connectivity index (χ0n) is 79.0. The van der Waals surface area contributed by atoms with Gasteiger partial charge in [-0.1, -0.05) is 78.5 Å². The van der Waals surface area contributed by atoms with Gasteiger partial charge in [-0.3, -0.25) is 54.3 Å². The van der Waals surface area contributed by atoms with Crippen molar-refractivity contribution in [2.45, 2.75) is 259 Å². The Bertz CT molecular complexity index is 5200. The van der Waals surface area contributed by atoms with Crippen molar-refractivity contribution in [2.24, 2.45) is 60.3 Å². The molecule has 0 amide bonds. The first kappa shape index (κ1) is 105. The molecule has 0 aromatic heterocycles. The largest absolute Gasteiger partial charge is 0.460 e. The van der Waals surface area contributed by atoms with Crippen molar-refractivity contribution in [3.63, 3.8) is 0 Å². The smallest absolute Gasteiger partial charge is 0.312 e. The summed E-state index contributed by atoms with van der Waals surface area (Å²) in [4.78, 5) is 85.0. The van der Waals surface area contributed by atoms with Crippen molar-refractivity contribution >= 4 is 125 Å². The van der Waals surface area contributed by atoms with Gasteiger partial charge in [0.05, 0.1) is 109 Å². The summed E-state index contributed by atoms with van der Waals surface area (Å²) in [5.41, 5.74) is 16.8. The number of non-ortho nitro benzene ring substituents is 1. The average Bonchev–Trinajstić information content (AvgIpc) is 0.754. The van der Waals surface area contributed by atoms with E-state index in [9.17, 15) is 51.2 Å². The quantitative estimate of drug-likeness (QED) is 0.0122. The van der Waals surface area contributed by atoms with Gasteiger partial charge in [-0.2, -0.15) is 0 Å². The van der Waals surface area contributed by atoms with Crippen LogP contribution in [0.1, 0.15) is 222 Å². The summed E-state index contributed by atoms with van der Waals surface area (Å²) in [5.74, 6) is 2.02. The molecule has 0 radical (unpaired) electrons. The minimum absolute atomic E-state index is 0.000654. The van der Waals surface area contributed by atoms with Crippen LogP contribution in [0.15, 0.2) is 158 Å². The molecule has 0 bridgehead atoms. The molecule has 6 aromatic rings. The van der Waals surface area contributed by atoms with Gasteiger partial charge in [0.15, 0.2) is 11.0 Å². The van der Waals surface area contributed by atoms with Crippen LogP contribution in [0.4, 0.5) is 39.0 Å². The maximum absolute atomic E-state index is 15.0. The van der Waals surface area contributed by atoms with Gasteiger partial charge in [-0.25, -0.2) is 22.0 Å². The van der Waals surface area contributed by atoms with E-state index in [1.165, 1.54) is 42.1 Å². The van der Waals surface area contributed by atoms with Gasteiger partial charge in [0.25, 0.3) is 5.69 Å². The van der Waals surface area contributed by atoms with Crippen LogP contribution in [-0.4, -0.2) is 166 Å². The number of fused-ring (bicyclic) bond motifs is 5. The molecule has 23 nitrogen and oxygen atoms in total. The zero-order valence-corrected chi connectivity index (χ0v) is 83.1. The Morgan fingerprint density at radius 2 is 0.649 bits per heavy atom. The molecule has 6 N–H and O–H groups in total. The van der Waals surface area contributed by atoms with Crippen LogP contribution < -0.4 is 17.2 Å².